The first-order chi connectivity index (χ1) is 5.26. The van der Waals surface area contributed by atoms with E-state index in [1.165, 1.54) is 0 Å². The Morgan fingerprint density at radius 2 is 2.00 bits per heavy atom. The van der Waals surface area contributed by atoms with Gasteiger partial charge in [0.25, 0.3) is 0 Å². The first-order valence-corrected chi connectivity index (χ1v) is 3.57. The van der Waals surface area contributed by atoms with Crippen LogP contribution in [0.15, 0.2) is 49.4 Å². The molecule has 0 heterocycles. The van der Waals surface area contributed by atoms with Gasteiger partial charge in [-0.25, -0.2) is 0 Å². The minimum absolute atomic E-state index is 1.11. The van der Waals surface area contributed by atoms with Gasteiger partial charge in [0.2, 0.25) is 0 Å². The second-order valence-corrected chi connectivity index (χ2v) is 2.10. The lowest BCUT2D eigenvalue weighted by atomic mass is 10.3. The van der Waals surface area contributed by atoms with Crippen LogP contribution >= 0.6 is 0 Å². The number of hydrogen-bond acceptors (Lipinski definition) is 1. The zero-order valence-electron chi connectivity index (χ0n) is 7.25. The maximum absolute atomic E-state index is 3.66. The molecule has 0 saturated carbocycles. The molecule has 0 aliphatic rings. The maximum Gasteiger partial charge on any atom is 0.0359 e. The molecule has 0 aromatic carbocycles. The summed E-state index contributed by atoms with van der Waals surface area (Å²) in [6.07, 6.45) is 9.41. The quantitative estimate of drug-likeness (QED) is 0.555. The van der Waals surface area contributed by atoms with E-state index in [0.29, 0.717) is 0 Å². The van der Waals surface area contributed by atoms with Crippen molar-refractivity contribution >= 4 is 0 Å². The molecule has 0 saturated heterocycles. The molecule has 0 unspecified atom stereocenters. The van der Waals surface area contributed by atoms with Crippen molar-refractivity contribution in [3.8, 4) is 0 Å². The first-order valence-electron chi connectivity index (χ1n) is 3.57. The second-order valence-electron chi connectivity index (χ2n) is 2.10. The van der Waals surface area contributed by atoms with Crippen LogP contribution in [-0.4, -0.2) is 11.9 Å². The van der Waals surface area contributed by atoms with Gasteiger partial charge >= 0.3 is 0 Å². The minimum atomic E-state index is 1.11. The van der Waals surface area contributed by atoms with E-state index in [9.17, 15) is 0 Å². The van der Waals surface area contributed by atoms with Gasteiger partial charge in [-0.15, -0.1) is 0 Å². The summed E-state index contributed by atoms with van der Waals surface area (Å²) < 4.78 is 0. The predicted molar refractivity (Wildman–Crippen MR) is 51.1 cm³/mol. The molecule has 0 fully saturated rings. The molecular formula is C10H15N. The molecule has 0 aliphatic heterocycles. The summed E-state index contributed by atoms with van der Waals surface area (Å²) >= 11 is 0. The van der Waals surface area contributed by atoms with E-state index in [1.807, 2.05) is 37.1 Å². The Balaban J connectivity index is 4.29. The molecule has 0 amide bonds. The van der Waals surface area contributed by atoms with Crippen LogP contribution in [0.5, 0.6) is 0 Å². The first kappa shape index (κ1) is 9.76. The normalized spacial score (nSPS) is 11.6. The largest absolute Gasteiger partial charge is 0.352 e. The van der Waals surface area contributed by atoms with Crippen molar-refractivity contribution in [1.29, 1.82) is 0 Å². The fraction of sp³-hybridized carbons (Fsp3) is 0.200. The minimum Gasteiger partial charge on any atom is -0.352 e. The Morgan fingerprint density at radius 3 is 2.36 bits per heavy atom. The standard InChI is InChI=1S/C10H15N/c1-5-8-9-10(6-2)11(4)7-3/h5-9H,1,3H2,2,4H3/b9-8-,10-6?. The van der Waals surface area contributed by atoms with Crippen LogP contribution in [0.25, 0.3) is 0 Å². The highest BCUT2D eigenvalue weighted by atomic mass is 15.1. The smallest absolute Gasteiger partial charge is 0.0359 e. The van der Waals surface area contributed by atoms with Gasteiger partial charge in [0.1, 0.15) is 0 Å². The fourth-order valence-electron chi connectivity index (χ4n) is 0.689. The van der Waals surface area contributed by atoms with Gasteiger partial charge in [0.15, 0.2) is 0 Å². The van der Waals surface area contributed by atoms with Crippen LogP contribution in [0.3, 0.4) is 0 Å². The van der Waals surface area contributed by atoms with E-state index in [4.69, 9.17) is 0 Å². The van der Waals surface area contributed by atoms with Crippen molar-refractivity contribution in [3.63, 3.8) is 0 Å². The summed E-state index contributed by atoms with van der Waals surface area (Å²) in [6.45, 7) is 9.25. The Labute approximate surface area is 69.0 Å². The van der Waals surface area contributed by atoms with Crippen LogP contribution in [0, 0.1) is 0 Å². The van der Waals surface area contributed by atoms with Gasteiger partial charge in [0, 0.05) is 12.7 Å². The Morgan fingerprint density at radius 1 is 1.36 bits per heavy atom. The van der Waals surface area contributed by atoms with E-state index >= 15 is 0 Å². The van der Waals surface area contributed by atoms with Crippen LogP contribution in [0.4, 0.5) is 0 Å². The number of nitrogens with zero attached hydrogens (tertiary/aromatic N) is 1. The lowest BCUT2D eigenvalue weighted by molar-refractivity contribution is 0.589. The molecule has 0 bridgehead atoms. The molecule has 11 heavy (non-hydrogen) atoms. The maximum atomic E-state index is 3.66. The Hall–Kier alpha value is -1.24. The van der Waals surface area contributed by atoms with Crippen LogP contribution in [0.1, 0.15) is 6.92 Å². The number of likely N-dealkylation sites (N-methyl/N-ethyl adjacent to an activating group) is 1. The highest BCUT2D eigenvalue weighted by molar-refractivity contribution is 5.20. The van der Waals surface area contributed by atoms with Crippen molar-refractivity contribution in [1.82, 2.24) is 4.90 Å². The van der Waals surface area contributed by atoms with Gasteiger partial charge in [-0.3, -0.25) is 0 Å². The summed E-state index contributed by atoms with van der Waals surface area (Å²) in [5.74, 6) is 0. The zero-order valence-corrected chi connectivity index (χ0v) is 7.25. The topological polar surface area (TPSA) is 3.24 Å². The van der Waals surface area contributed by atoms with Gasteiger partial charge < -0.3 is 4.90 Å². The summed E-state index contributed by atoms with van der Waals surface area (Å²) in [5, 5.41) is 0. The van der Waals surface area contributed by atoms with Crippen molar-refractivity contribution in [2.75, 3.05) is 7.05 Å². The monoisotopic (exact) mass is 149 g/mol. The van der Waals surface area contributed by atoms with Gasteiger partial charge in [-0.05, 0) is 19.2 Å². The predicted octanol–water partition coefficient (Wildman–Crippen LogP) is 2.71. The molecule has 0 aliphatic carbocycles. The molecule has 0 aromatic rings. The second kappa shape index (κ2) is 5.54. The van der Waals surface area contributed by atoms with E-state index in [2.05, 4.69) is 13.2 Å². The van der Waals surface area contributed by atoms with E-state index < -0.39 is 0 Å². The van der Waals surface area contributed by atoms with E-state index in [0.717, 1.165) is 5.70 Å². The average Bonchev–Trinajstić information content (AvgIpc) is 2.05. The number of rotatable bonds is 4. The summed E-state index contributed by atoms with van der Waals surface area (Å²) in [7, 11) is 1.95. The summed E-state index contributed by atoms with van der Waals surface area (Å²) in [6, 6.07) is 0. The third-order valence-electron chi connectivity index (χ3n) is 1.38. The van der Waals surface area contributed by atoms with Crippen molar-refractivity contribution in [2.24, 2.45) is 0 Å². The highest BCUT2D eigenvalue weighted by Gasteiger charge is 1.91. The van der Waals surface area contributed by atoms with Crippen molar-refractivity contribution in [3.05, 3.63) is 49.4 Å². The van der Waals surface area contributed by atoms with Crippen molar-refractivity contribution < 1.29 is 0 Å². The summed E-state index contributed by atoms with van der Waals surface area (Å²) in [4.78, 5) is 1.94. The third kappa shape index (κ3) is 3.46. The van der Waals surface area contributed by atoms with Crippen LogP contribution in [-0.2, 0) is 0 Å². The molecular weight excluding hydrogens is 134 g/mol. The number of allylic oxidation sites excluding steroid dienone is 4. The molecule has 0 radical (unpaired) electrons. The van der Waals surface area contributed by atoms with Gasteiger partial charge in [-0.2, -0.15) is 0 Å². The van der Waals surface area contributed by atoms with Crippen LogP contribution < -0.4 is 0 Å². The van der Waals surface area contributed by atoms with E-state index in [1.54, 1.807) is 12.3 Å². The molecule has 1 heteroatoms. The van der Waals surface area contributed by atoms with E-state index in [-0.39, 0.29) is 0 Å². The molecule has 0 atom stereocenters. The average molecular weight is 149 g/mol. The lowest BCUT2D eigenvalue weighted by Crippen LogP contribution is -2.06. The van der Waals surface area contributed by atoms with Gasteiger partial charge in [0.05, 0.1) is 0 Å². The fourth-order valence-corrected chi connectivity index (χ4v) is 0.689. The van der Waals surface area contributed by atoms with Gasteiger partial charge in [-0.1, -0.05) is 31.4 Å². The molecule has 0 N–H and O–H groups in total. The molecule has 0 rings (SSSR count). The highest BCUT2D eigenvalue weighted by Crippen LogP contribution is 2.02. The lowest BCUT2D eigenvalue weighted by Gasteiger charge is -2.13. The SMILES string of the molecule is C=C/C=C\C(=CC)N(C)C=C. The molecule has 1 nitrogen and oxygen atoms in total. The Kier molecular flexibility index (Phi) is 4.91. The Bertz CT molecular complexity index is 187. The van der Waals surface area contributed by atoms with Crippen LogP contribution in [0.2, 0.25) is 0 Å². The number of hydrogen-bond donors (Lipinski definition) is 0. The summed E-state index contributed by atoms with van der Waals surface area (Å²) in [5.41, 5.74) is 1.11. The third-order valence-corrected chi connectivity index (χ3v) is 1.38. The molecule has 60 valence electrons. The zero-order chi connectivity index (χ0) is 8.69. The molecule has 0 aromatic heterocycles. The van der Waals surface area contributed by atoms with Crippen molar-refractivity contribution in [2.45, 2.75) is 6.92 Å². The molecule has 0 spiro atoms.